The summed E-state index contributed by atoms with van der Waals surface area (Å²) < 4.78 is 0. The molecule has 0 radical (unpaired) electrons. The highest BCUT2D eigenvalue weighted by molar-refractivity contribution is 4.77. The van der Waals surface area contributed by atoms with Gasteiger partial charge in [0.1, 0.15) is 0 Å². The van der Waals surface area contributed by atoms with Crippen LogP contribution < -0.4 is 0 Å². The van der Waals surface area contributed by atoms with E-state index in [2.05, 4.69) is 39.5 Å². The zero-order valence-electron chi connectivity index (χ0n) is 12.6. The number of nitrogens with zero attached hydrogens (tertiary/aromatic N) is 1. The maximum atomic E-state index is 10.2. The van der Waals surface area contributed by atoms with Crippen molar-refractivity contribution in [2.75, 3.05) is 19.6 Å². The molecular formula is C15H33NO. The molecule has 0 spiro atoms. The van der Waals surface area contributed by atoms with Crippen molar-refractivity contribution in [3.05, 3.63) is 0 Å². The predicted octanol–water partition coefficient (Wildman–Crippen LogP) is 3.69. The van der Waals surface area contributed by atoms with Crippen molar-refractivity contribution < 1.29 is 5.11 Å². The quantitative estimate of drug-likeness (QED) is 0.632. The average molecular weight is 243 g/mol. The van der Waals surface area contributed by atoms with Crippen molar-refractivity contribution in [3.8, 4) is 0 Å². The van der Waals surface area contributed by atoms with Crippen molar-refractivity contribution in [1.29, 1.82) is 0 Å². The lowest BCUT2D eigenvalue weighted by Gasteiger charge is -2.32. The Kier molecular flexibility index (Phi) is 8.89. The Bertz CT molecular complexity index is 172. The molecular weight excluding hydrogens is 210 g/mol. The summed E-state index contributed by atoms with van der Waals surface area (Å²) in [7, 11) is 0. The van der Waals surface area contributed by atoms with Gasteiger partial charge in [0.15, 0.2) is 0 Å². The second kappa shape index (κ2) is 8.93. The van der Waals surface area contributed by atoms with E-state index in [1.54, 1.807) is 0 Å². The summed E-state index contributed by atoms with van der Waals surface area (Å²) >= 11 is 0. The Morgan fingerprint density at radius 1 is 1.00 bits per heavy atom. The summed E-state index contributed by atoms with van der Waals surface area (Å²) in [5, 5.41) is 10.2. The van der Waals surface area contributed by atoms with Crippen LogP contribution in [0.15, 0.2) is 0 Å². The molecule has 104 valence electrons. The van der Waals surface area contributed by atoms with E-state index in [0.29, 0.717) is 5.41 Å². The molecule has 0 aliphatic rings. The minimum atomic E-state index is -0.169. The van der Waals surface area contributed by atoms with Crippen LogP contribution in [0.2, 0.25) is 0 Å². The minimum Gasteiger partial charge on any atom is -0.392 e. The lowest BCUT2D eigenvalue weighted by Crippen LogP contribution is -2.36. The van der Waals surface area contributed by atoms with Gasteiger partial charge in [-0.2, -0.15) is 0 Å². The van der Waals surface area contributed by atoms with Gasteiger partial charge in [-0.15, -0.1) is 0 Å². The van der Waals surface area contributed by atoms with Gasteiger partial charge in [-0.1, -0.05) is 47.5 Å². The van der Waals surface area contributed by atoms with E-state index < -0.39 is 0 Å². The summed E-state index contributed by atoms with van der Waals surface area (Å²) in [4.78, 5) is 2.40. The van der Waals surface area contributed by atoms with Crippen LogP contribution in [-0.4, -0.2) is 35.7 Å². The minimum absolute atomic E-state index is 0.169. The molecule has 1 unspecified atom stereocenters. The van der Waals surface area contributed by atoms with Gasteiger partial charge in [0.05, 0.1) is 6.10 Å². The Morgan fingerprint density at radius 2 is 1.47 bits per heavy atom. The number of hydrogen-bond donors (Lipinski definition) is 1. The molecule has 2 heteroatoms. The van der Waals surface area contributed by atoms with Gasteiger partial charge in [0.25, 0.3) is 0 Å². The first-order valence-corrected chi connectivity index (χ1v) is 7.41. The molecule has 0 aliphatic heterocycles. The number of hydrogen-bond acceptors (Lipinski definition) is 2. The molecule has 0 fully saturated rings. The summed E-state index contributed by atoms with van der Waals surface area (Å²) in [5.41, 5.74) is 0.309. The largest absolute Gasteiger partial charge is 0.392 e. The van der Waals surface area contributed by atoms with Crippen LogP contribution in [0.4, 0.5) is 0 Å². The number of aliphatic hydroxyl groups excluding tert-OH is 1. The lowest BCUT2D eigenvalue weighted by atomic mass is 9.79. The van der Waals surface area contributed by atoms with Crippen LogP contribution in [0.3, 0.4) is 0 Å². The van der Waals surface area contributed by atoms with E-state index in [9.17, 15) is 5.11 Å². The third kappa shape index (κ3) is 7.05. The van der Waals surface area contributed by atoms with E-state index >= 15 is 0 Å². The molecule has 0 saturated carbocycles. The van der Waals surface area contributed by atoms with Crippen LogP contribution >= 0.6 is 0 Å². The zero-order chi connectivity index (χ0) is 13.3. The highest BCUT2D eigenvalue weighted by Gasteiger charge is 2.24. The third-order valence-electron chi connectivity index (χ3n) is 3.98. The molecule has 0 aliphatic carbocycles. The average Bonchev–Trinajstić information content (AvgIpc) is 2.29. The Labute approximate surface area is 108 Å². The first kappa shape index (κ1) is 16.9. The third-order valence-corrected chi connectivity index (χ3v) is 3.98. The van der Waals surface area contributed by atoms with Gasteiger partial charge in [-0.05, 0) is 37.8 Å². The van der Waals surface area contributed by atoms with Gasteiger partial charge in [0.2, 0.25) is 0 Å². The van der Waals surface area contributed by atoms with E-state index in [0.717, 1.165) is 38.9 Å². The van der Waals surface area contributed by atoms with Gasteiger partial charge in [-0.3, -0.25) is 0 Å². The topological polar surface area (TPSA) is 23.5 Å². The SMILES string of the molecule is CCCN(CCC)CC(O)CC(C)(CC)CC. The van der Waals surface area contributed by atoms with E-state index in [1.165, 1.54) is 12.8 Å². The van der Waals surface area contributed by atoms with Gasteiger partial charge in [-0.25, -0.2) is 0 Å². The fourth-order valence-electron chi connectivity index (χ4n) is 2.40. The normalized spacial score (nSPS) is 14.3. The van der Waals surface area contributed by atoms with Crippen molar-refractivity contribution in [1.82, 2.24) is 4.90 Å². The van der Waals surface area contributed by atoms with Crippen LogP contribution in [0.25, 0.3) is 0 Å². The van der Waals surface area contributed by atoms with Crippen molar-refractivity contribution in [2.24, 2.45) is 5.41 Å². The molecule has 17 heavy (non-hydrogen) atoms. The fourth-order valence-corrected chi connectivity index (χ4v) is 2.40. The molecule has 0 rings (SSSR count). The van der Waals surface area contributed by atoms with Crippen LogP contribution in [0.5, 0.6) is 0 Å². The maximum Gasteiger partial charge on any atom is 0.0672 e. The molecule has 2 nitrogen and oxygen atoms in total. The molecule has 0 aromatic rings. The van der Waals surface area contributed by atoms with Crippen molar-refractivity contribution in [3.63, 3.8) is 0 Å². The molecule has 0 bridgehead atoms. The van der Waals surface area contributed by atoms with Crippen molar-refractivity contribution >= 4 is 0 Å². The van der Waals surface area contributed by atoms with Crippen molar-refractivity contribution in [2.45, 2.75) is 72.8 Å². The Balaban J connectivity index is 4.16. The highest BCUT2D eigenvalue weighted by Crippen LogP contribution is 2.31. The van der Waals surface area contributed by atoms with Crippen LogP contribution in [0, 0.1) is 5.41 Å². The van der Waals surface area contributed by atoms with Gasteiger partial charge >= 0.3 is 0 Å². The highest BCUT2D eigenvalue weighted by atomic mass is 16.3. The van der Waals surface area contributed by atoms with E-state index in [1.807, 2.05) is 0 Å². The van der Waals surface area contributed by atoms with Crippen LogP contribution in [0.1, 0.15) is 66.7 Å². The second-order valence-corrected chi connectivity index (χ2v) is 5.68. The summed E-state index contributed by atoms with van der Waals surface area (Å²) in [6.45, 7) is 14.2. The molecule has 0 amide bonds. The second-order valence-electron chi connectivity index (χ2n) is 5.68. The Hall–Kier alpha value is -0.0800. The molecule has 0 aromatic heterocycles. The fraction of sp³-hybridized carbons (Fsp3) is 1.00. The van der Waals surface area contributed by atoms with E-state index in [4.69, 9.17) is 0 Å². The van der Waals surface area contributed by atoms with Gasteiger partial charge in [0, 0.05) is 6.54 Å². The Morgan fingerprint density at radius 3 is 1.82 bits per heavy atom. The van der Waals surface area contributed by atoms with Gasteiger partial charge < -0.3 is 10.0 Å². The monoisotopic (exact) mass is 243 g/mol. The summed E-state index contributed by atoms with van der Waals surface area (Å²) in [6, 6.07) is 0. The first-order valence-electron chi connectivity index (χ1n) is 7.41. The molecule has 0 aromatic carbocycles. The first-order chi connectivity index (χ1) is 8.01. The van der Waals surface area contributed by atoms with E-state index in [-0.39, 0.29) is 6.10 Å². The maximum absolute atomic E-state index is 10.2. The predicted molar refractivity (Wildman–Crippen MR) is 76.3 cm³/mol. The molecule has 0 heterocycles. The molecule has 1 atom stereocenters. The molecule has 1 N–H and O–H groups in total. The number of rotatable bonds is 10. The zero-order valence-corrected chi connectivity index (χ0v) is 12.6. The molecule has 0 saturated heterocycles. The summed E-state index contributed by atoms with van der Waals surface area (Å²) in [5.74, 6) is 0. The summed E-state index contributed by atoms with van der Waals surface area (Å²) in [6.07, 6.45) is 5.42. The standard InChI is InChI=1S/C15H33NO/c1-6-10-16(11-7-2)13-14(17)12-15(5,8-3)9-4/h14,17H,6-13H2,1-5H3. The smallest absolute Gasteiger partial charge is 0.0672 e. The lowest BCUT2D eigenvalue weighted by molar-refractivity contribution is 0.0634. The number of aliphatic hydroxyl groups is 1. The van der Waals surface area contributed by atoms with Crippen LogP contribution in [-0.2, 0) is 0 Å².